The smallest absolute Gasteiger partial charge is 0.345 e. The first-order valence-corrected chi connectivity index (χ1v) is 12.0. The molecule has 0 radical (unpaired) electrons. The average molecular weight is 526 g/mol. The van der Waals surface area contributed by atoms with Crippen molar-refractivity contribution in [2.75, 3.05) is 14.2 Å². The summed E-state index contributed by atoms with van der Waals surface area (Å²) >= 11 is 0. The number of fused-ring (bicyclic) bond motifs is 3. The minimum absolute atomic E-state index is 0.0375. The Balaban J connectivity index is 1.54. The van der Waals surface area contributed by atoms with Gasteiger partial charge in [0.1, 0.15) is 6.10 Å². The van der Waals surface area contributed by atoms with Gasteiger partial charge >= 0.3 is 17.9 Å². The molecule has 12 heteroatoms. The summed E-state index contributed by atoms with van der Waals surface area (Å²) in [6, 6.07) is 4.51. The second kappa shape index (κ2) is 9.37. The van der Waals surface area contributed by atoms with Crippen molar-refractivity contribution < 1.29 is 42.5 Å². The first-order valence-electron chi connectivity index (χ1n) is 12.0. The zero-order chi connectivity index (χ0) is 27.2. The third kappa shape index (κ3) is 3.96. The molecule has 5 rings (SSSR count). The van der Waals surface area contributed by atoms with Crippen LogP contribution in [0.2, 0.25) is 0 Å². The standard InChI is InChI=1S/C26H27N3O9/c1-34-19-4-3-13(11-29-19)22(31)37-17-9-16(23(32)35-2)25(27)7-5-15-24(33)38-18(14-6-8-36-12-14)10-26(15,28)21(25)20(17)30/h3-4,6,8-9,11-12,15-16,18,21H,5,7,10,27-28H2,1-2H3/t15-,16-,18-,21-,25+,26+/m0/s1. The molecular formula is C26H27N3O9. The summed E-state index contributed by atoms with van der Waals surface area (Å²) in [6.07, 6.45) is 4.84. The van der Waals surface area contributed by atoms with Crippen LogP contribution >= 0.6 is 0 Å². The molecule has 2 fully saturated rings. The maximum Gasteiger partial charge on any atom is 0.345 e. The van der Waals surface area contributed by atoms with E-state index in [9.17, 15) is 19.2 Å². The van der Waals surface area contributed by atoms with Crippen molar-refractivity contribution in [3.8, 4) is 5.88 Å². The second-order valence-electron chi connectivity index (χ2n) is 9.81. The van der Waals surface area contributed by atoms with Crippen LogP contribution < -0.4 is 16.2 Å². The number of aromatic nitrogens is 1. The third-order valence-corrected chi connectivity index (χ3v) is 7.83. The molecule has 0 aromatic carbocycles. The minimum atomic E-state index is -1.51. The van der Waals surface area contributed by atoms with Gasteiger partial charge in [-0.15, -0.1) is 0 Å². The van der Waals surface area contributed by atoms with Crippen molar-refractivity contribution in [2.45, 2.75) is 36.4 Å². The fourth-order valence-corrected chi connectivity index (χ4v) is 5.97. The molecule has 2 aromatic rings. The number of hydrogen-bond acceptors (Lipinski definition) is 12. The van der Waals surface area contributed by atoms with Crippen molar-refractivity contribution in [1.82, 2.24) is 4.98 Å². The van der Waals surface area contributed by atoms with Crippen molar-refractivity contribution in [3.05, 3.63) is 59.9 Å². The summed E-state index contributed by atoms with van der Waals surface area (Å²) in [7, 11) is 2.62. The Labute approximate surface area is 217 Å². The lowest BCUT2D eigenvalue weighted by Crippen LogP contribution is -2.76. The molecule has 6 atom stereocenters. The van der Waals surface area contributed by atoms with Crippen LogP contribution in [0, 0.1) is 17.8 Å². The molecule has 0 amide bonds. The van der Waals surface area contributed by atoms with E-state index in [1.165, 1.54) is 51.2 Å². The number of nitrogens with two attached hydrogens (primary N) is 2. The van der Waals surface area contributed by atoms with Gasteiger partial charge in [0, 0.05) is 35.3 Å². The molecule has 1 saturated carbocycles. The lowest BCUT2D eigenvalue weighted by Gasteiger charge is -2.58. The number of hydrogen-bond donors (Lipinski definition) is 2. The Hall–Kier alpha value is -4.03. The molecule has 1 aliphatic heterocycles. The highest BCUT2D eigenvalue weighted by Gasteiger charge is 2.67. The van der Waals surface area contributed by atoms with Crippen LogP contribution in [-0.2, 0) is 28.6 Å². The minimum Gasteiger partial charge on any atom is -0.481 e. The zero-order valence-electron chi connectivity index (χ0n) is 20.7. The Bertz CT molecular complexity index is 1310. The van der Waals surface area contributed by atoms with Crippen LogP contribution in [0.25, 0.3) is 0 Å². The van der Waals surface area contributed by atoms with E-state index in [2.05, 4.69) is 4.98 Å². The highest BCUT2D eigenvalue weighted by Crippen LogP contribution is 2.55. The van der Waals surface area contributed by atoms with Gasteiger partial charge in [0.05, 0.1) is 50.1 Å². The molecule has 0 unspecified atom stereocenters. The lowest BCUT2D eigenvalue weighted by atomic mass is 9.50. The number of rotatable bonds is 5. The van der Waals surface area contributed by atoms with Gasteiger partial charge < -0.3 is 34.8 Å². The van der Waals surface area contributed by atoms with Crippen LogP contribution in [0.3, 0.4) is 0 Å². The van der Waals surface area contributed by atoms with Gasteiger partial charge in [0.2, 0.25) is 11.7 Å². The van der Waals surface area contributed by atoms with Gasteiger partial charge in [-0.1, -0.05) is 0 Å². The summed E-state index contributed by atoms with van der Waals surface area (Å²) in [5.41, 5.74) is 11.4. The maximum atomic E-state index is 14.0. The number of methoxy groups -OCH3 is 2. The van der Waals surface area contributed by atoms with Crippen molar-refractivity contribution in [1.29, 1.82) is 0 Å². The highest BCUT2D eigenvalue weighted by molar-refractivity contribution is 6.04. The maximum absolute atomic E-state index is 14.0. The van der Waals surface area contributed by atoms with Crippen molar-refractivity contribution in [3.63, 3.8) is 0 Å². The lowest BCUT2D eigenvalue weighted by molar-refractivity contribution is -0.179. The number of pyridine rings is 1. The van der Waals surface area contributed by atoms with Crippen LogP contribution in [0.4, 0.5) is 0 Å². The van der Waals surface area contributed by atoms with E-state index >= 15 is 0 Å². The number of carbonyl (C=O) groups is 4. The predicted molar refractivity (Wildman–Crippen MR) is 127 cm³/mol. The van der Waals surface area contributed by atoms with Crippen LogP contribution in [0.5, 0.6) is 5.88 Å². The van der Waals surface area contributed by atoms with Crippen LogP contribution in [0.15, 0.2) is 53.2 Å². The largest absolute Gasteiger partial charge is 0.481 e. The normalized spacial score (nSPS) is 32.3. The van der Waals surface area contributed by atoms with Gasteiger partial charge in [-0.3, -0.25) is 14.4 Å². The second-order valence-corrected chi connectivity index (χ2v) is 9.81. The average Bonchev–Trinajstić information content (AvgIpc) is 3.44. The molecule has 38 heavy (non-hydrogen) atoms. The van der Waals surface area contributed by atoms with E-state index in [1.54, 1.807) is 6.07 Å². The summed E-state index contributed by atoms with van der Waals surface area (Å²) < 4.78 is 26.2. The van der Waals surface area contributed by atoms with Gasteiger partial charge in [-0.05, 0) is 31.1 Å². The third-order valence-electron chi connectivity index (χ3n) is 7.83. The van der Waals surface area contributed by atoms with Crippen LogP contribution in [-0.4, -0.2) is 54.0 Å². The summed E-state index contributed by atoms with van der Waals surface area (Å²) in [4.78, 5) is 56.9. The quantitative estimate of drug-likeness (QED) is 0.421. The van der Waals surface area contributed by atoms with Crippen molar-refractivity contribution >= 4 is 23.7 Å². The van der Waals surface area contributed by atoms with E-state index in [0.29, 0.717) is 5.56 Å². The van der Waals surface area contributed by atoms with E-state index in [0.717, 1.165) is 0 Å². The first-order chi connectivity index (χ1) is 18.1. The number of cyclic esters (lactones) is 1. The SMILES string of the molecule is COC(=O)[C@@H]1C=C(OC(=O)c2ccc(OC)nc2)C(=O)[C@H]2[C@@]1(N)CC[C@H]1C(=O)O[C@H](c3ccoc3)C[C@]21N. The zero-order valence-corrected chi connectivity index (χ0v) is 20.7. The topological polar surface area (TPSA) is 183 Å². The van der Waals surface area contributed by atoms with Gasteiger partial charge in [0.15, 0.2) is 5.76 Å². The molecule has 1 saturated heterocycles. The Kier molecular flexibility index (Phi) is 6.32. The number of nitrogens with zero attached hydrogens (tertiary/aromatic N) is 1. The van der Waals surface area contributed by atoms with E-state index in [1.807, 2.05) is 0 Å². The molecule has 200 valence electrons. The number of ether oxygens (including phenoxy) is 4. The van der Waals surface area contributed by atoms with E-state index < -0.39 is 64.4 Å². The summed E-state index contributed by atoms with van der Waals surface area (Å²) in [5.74, 6) is -6.29. The number of carbonyl (C=O) groups excluding carboxylic acids is 4. The number of Topliss-reactive ketones (excluding diaryl/α,β-unsaturated/α-hetero) is 1. The monoisotopic (exact) mass is 525 g/mol. The molecule has 0 spiro atoms. The number of ketones is 1. The van der Waals surface area contributed by atoms with Crippen LogP contribution in [0.1, 0.15) is 41.3 Å². The van der Waals surface area contributed by atoms with Gasteiger partial charge in [-0.25, -0.2) is 9.78 Å². The van der Waals surface area contributed by atoms with E-state index in [4.69, 9.17) is 34.8 Å². The molecule has 0 bridgehead atoms. The summed E-state index contributed by atoms with van der Waals surface area (Å²) in [6.45, 7) is 0. The fraction of sp³-hybridized carbons (Fsp3) is 0.423. The number of furan rings is 1. The summed E-state index contributed by atoms with van der Waals surface area (Å²) in [5, 5.41) is 0. The Morgan fingerprint density at radius 1 is 1.13 bits per heavy atom. The first kappa shape index (κ1) is 25.6. The molecule has 3 heterocycles. The fourth-order valence-electron chi connectivity index (χ4n) is 5.97. The highest BCUT2D eigenvalue weighted by atomic mass is 16.6. The van der Waals surface area contributed by atoms with Gasteiger partial charge in [-0.2, -0.15) is 0 Å². The Morgan fingerprint density at radius 3 is 2.55 bits per heavy atom. The number of esters is 3. The number of allylic oxidation sites excluding steroid dienone is 1. The van der Waals surface area contributed by atoms with Gasteiger partial charge in [0.25, 0.3) is 0 Å². The molecule has 3 aliphatic rings. The molecular weight excluding hydrogens is 498 g/mol. The molecule has 2 aromatic heterocycles. The predicted octanol–water partition coefficient (Wildman–Crippen LogP) is 1.21. The van der Waals surface area contributed by atoms with E-state index in [-0.39, 0.29) is 30.7 Å². The molecule has 12 nitrogen and oxygen atoms in total. The van der Waals surface area contributed by atoms with Crippen molar-refractivity contribution in [2.24, 2.45) is 29.2 Å². The molecule has 4 N–H and O–H groups in total. The Morgan fingerprint density at radius 2 is 1.92 bits per heavy atom. The molecule has 2 aliphatic carbocycles.